The van der Waals surface area contributed by atoms with Crippen LogP contribution in [0.1, 0.15) is 11.1 Å². The number of likely N-dealkylation sites (N-methyl/N-ethyl adjacent to an activating group) is 1. The molecule has 0 bridgehead atoms. The number of nitrogens with zero attached hydrogens (tertiary/aromatic N) is 1. The van der Waals surface area contributed by atoms with Gasteiger partial charge in [-0.2, -0.15) is 0 Å². The lowest BCUT2D eigenvalue weighted by molar-refractivity contribution is 0.955. The van der Waals surface area contributed by atoms with E-state index in [4.69, 9.17) is 0 Å². The number of benzene rings is 2. The van der Waals surface area contributed by atoms with E-state index < -0.39 is 0 Å². The fourth-order valence-electron chi connectivity index (χ4n) is 2.53. The molecule has 0 aromatic heterocycles. The van der Waals surface area contributed by atoms with Crippen LogP contribution in [0.3, 0.4) is 0 Å². The second kappa shape index (κ2) is 5.25. The highest BCUT2D eigenvalue weighted by atomic mass is 79.9. The predicted molar refractivity (Wildman–Crippen MR) is 84.9 cm³/mol. The van der Waals surface area contributed by atoms with E-state index in [1.807, 2.05) is 12.1 Å². The van der Waals surface area contributed by atoms with Gasteiger partial charge in [-0.3, -0.25) is 0 Å². The van der Waals surface area contributed by atoms with Crippen LogP contribution < -0.4 is 10.2 Å². The zero-order chi connectivity index (χ0) is 13.2. The Morgan fingerprint density at radius 1 is 1.21 bits per heavy atom. The Hall–Kier alpha value is -1.48. The fraction of sp³-hybridized carbons (Fsp3) is 0.250. The summed E-state index contributed by atoms with van der Waals surface area (Å²) in [5.74, 6) is 0. The van der Waals surface area contributed by atoms with Crippen molar-refractivity contribution in [2.75, 3.05) is 23.8 Å². The Labute approximate surface area is 122 Å². The molecule has 0 aliphatic carbocycles. The Morgan fingerprint density at radius 3 is 2.89 bits per heavy atom. The van der Waals surface area contributed by atoms with Crippen molar-refractivity contribution in [1.29, 1.82) is 0 Å². The van der Waals surface area contributed by atoms with Crippen molar-refractivity contribution < 1.29 is 0 Å². The van der Waals surface area contributed by atoms with Crippen LogP contribution in [0.25, 0.3) is 0 Å². The second-order valence-electron chi connectivity index (χ2n) is 4.97. The smallest absolute Gasteiger partial charge is 0.0487 e. The largest absolute Gasteiger partial charge is 0.380 e. The van der Waals surface area contributed by atoms with Gasteiger partial charge in [0.25, 0.3) is 0 Å². The summed E-state index contributed by atoms with van der Waals surface area (Å²) in [7, 11) is 2.16. The topological polar surface area (TPSA) is 15.3 Å². The van der Waals surface area contributed by atoms with Gasteiger partial charge in [-0.1, -0.05) is 24.3 Å². The van der Waals surface area contributed by atoms with Crippen molar-refractivity contribution >= 4 is 27.3 Å². The van der Waals surface area contributed by atoms with Crippen LogP contribution in [0, 0.1) is 0 Å². The van der Waals surface area contributed by atoms with E-state index in [9.17, 15) is 0 Å². The SMILES string of the molecule is CN1CCc2cc(CNc3ccccc3Br)ccc21. The molecule has 0 fully saturated rings. The quantitative estimate of drug-likeness (QED) is 0.918. The number of rotatable bonds is 3. The minimum atomic E-state index is 0.861. The lowest BCUT2D eigenvalue weighted by atomic mass is 10.1. The third-order valence-corrected chi connectivity index (χ3v) is 4.32. The maximum absolute atomic E-state index is 3.56. The molecule has 1 aliphatic heterocycles. The summed E-state index contributed by atoms with van der Waals surface area (Å²) < 4.78 is 1.11. The van der Waals surface area contributed by atoms with E-state index in [-0.39, 0.29) is 0 Å². The molecule has 0 amide bonds. The summed E-state index contributed by atoms with van der Waals surface area (Å²) in [6.45, 7) is 2.00. The molecular formula is C16H17BrN2. The highest BCUT2D eigenvalue weighted by Gasteiger charge is 2.15. The van der Waals surface area contributed by atoms with Gasteiger partial charge >= 0.3 is 0 Å². The highest BCUT2D eigenvalue weighted by Crippen LogP contribution is 2.28. The molecule has 1 heterocycles. The predicted octanol–water partition coefficient (Wildman–Crippen LogP) is 4.05. The zero-order valence-corrected chi connectivity index (χ0v) is 12.6. The number of nitrogens with one attached hydrogen (secondary N) is 1. The standard InChI is InChI=1S/C16H17BrN2/c1-19-9-8-13-10-12(6-7-16(13)19)11-18-15-5-3-2-4-14(15)17/h2-7,10,18H,8-9,11H2,1H3. The molecule has 3 rings (SSSR count). The maximum Gasteiger partial charge on any atom is 0.0487 e. The van der Waals surface area contributed by atoms with Gasteiger partial charge in [0.15, 0.2) is 0 Å². The normalized spacial score (nSPS) is 13.5. The molecule has 98 valence electrons. The van der Waals surface area contributed by atoms with Gasteiger partial charge in [-0.05, 0) is 51.7 Å². The van der Waals surface area contributed by atoms with Gasteiger partial charge in [0.2, 0.25) is 0 Å². The molecule has 2 aromatic rings. The van der Waals surface area contributed by atoms with Gasteiger partial charge in [0, 0.05) is 36.0 Å². The van der Waals surface area contributed by atoms with Crippen LogP contribution in [0.2, 0.25) is 0 Å². The van der Waals surface area contributed by atoms with Crippen LogP contribution in [-0.4, -0.2) is 13.6 Å². The molecule has 0 radical (unpaired) electrons. The van der Waals surface area contributed by atoms with Crippen molar-refractivity contribution in [3.8, 4) is 0 Å². The molecule has 1 aliphatic rings. The molecule has 0 saturated heterocycles. The first-order valence-corrected chi connectivity index (χ1v) is 7.35. The summed E-state index contributed by atoms with van der Waals surface area (Å²) in [5, 5.41) is 3.47. The maximum atomic E-state index is 3.56. The Bertz CT molecular complexity index is 595. The minimum absolute atomic E-state index is 0.861. The zero-order valence-electron chi connectivity index (χ0n) is 11.0. The van der Waals surface area contributed by atoms with Crippen LogP contribution in [0.5, 0.6) is 0 Å². The first-order chi connectivity index (χ1) is 9.24. The summed E-state index contributed by atoms with van der Waals surface area (Å²) >= 11 is 3.56. The van der Waals surface area contributed by atoms with E-state index in [0.29, 0.717) is 0 Å². The minimum Gasteiger partial charge on any atom is -0.380 e. The molecule has 2 aromatic carbocycles. The number of hydrogen-bond acceptors (Lipinski definition) is 2. The van der Waals surface area contributed by atoms with E-state index in [2.05, 4.69) is 63.5 Å². The molecule has 0 spiro atoms. The van der Waals surface area contributed by atoms with Crippen molar-refractivity contribution in [3.63, 3.8) is 0 Å². The molecular weight excluding hydrogens is 300 g/mol. The molecule has 1 N–H and O–H groups in total. The lowest BCUT2D eigenvalue weighted by Gasteiger charge is -2.13. The fourth-order valence-corrected chi connectivity index (χ4v) is 2.96. The van der Waals surface area contributed by atoms with Crippen molar-refractivity contribution in [1.82, 2.24) is 0 Å². The van der Waals surface area contributed by atoms with E-state index in [0.717, 1.165) is 29.7 Å². The molecule has 19 heavy (non-hydrogen) atoms. The summed E-state index contributed by atoms with van der Waals surface area (Å²) in [5.41, 5.74) is 5.32. The Morgan fingerprint density at radius 2 is 2.05 bits per heavy atom. The van der Waals surface area contributed by atoms with E-state index in [1.54, 1.807) is 0 Å². The van der Waals surface area contributed by atoms with Crippen LogP contribution >= 0.6 is 15.9 Å². The third kappa shape index (κ3) is 2.61. The Kier molecular flexibility index (Phi) is 3.47. The average molecular weight is 317 g/mol. The molecule has 3 heteroatoms. The Balaban J connectivity index is 1.73. The summed E-state index contributed by atoms with van der Waals surface area (Å²) in [4.78, 5) is 2.32. The van der Waals surface area contributed by atoms with E-state index in [1.165, 1.54) is 16.8 Å². The first-order valence-electron chi connectivity index (χ1n) is 6.55. The van der Waals surface area contributed by atoms with Gasteiger partial charge in [-0.15, -0.1) is 0 Å². The molecule has 0 saturated carbocycles. The number of anilines is 2. The lowest BCUT2D eigenvalue weighted by Crippen LogP contribution is -2.12. The van der Waals surface area contributed by atoms with Gasteiger partial charge in [0.1, 0.15) is 0 Å². The first kappa shape index (κ1) is 12.5. The number of hydrogen-bond donors (Lipinski definition) is 1. The van der Waals surface area contributed by atoms with Gasteiger partial charge < -0.3 is 10.2 Å². The molecule has 2 nitrogen and oxygen atoms in total. The average Bonchev–Trinajstić information content (AvgIpc) is 2.79. The van der Waals surface area contributed by atoms with Crippen molar-refractivity contribution in [2.24, 2.45) is 0 Å². The molecule has 0 atom stereocenters. The number of halogens is 1. The molecule has 0 unspecified atom stereocenters. The monoisotopic (exact) mass is 316 g/mol. The number of fused-ring (bicyclic) bond motifs is 1. The third-order valence-electron chi connectivity index (χ3n) is 3.63. The second-order valence-corrected chi connectivity index (χ2v) is 5.82. The van der Waals surface area contributed by atoms with Gasteiger partial charge in [0.05, 0.1) is 0 Å². The highest BCUT2D eigenvalue weighted by molar-refractivity contribution is 9.10. The van der Waals surface area contributed by atoms with E-state index >= 15 is 0 Å². The van der Waals surface area contributed by atoms with Crippen LogP contribution in [0.15, 0.2) is 46.9 Å². The van der Waals surface area contributed by atoms with Crippen LogP contribution in [0.4, 0.5) is 11.4 Å². The van der Waals surface area contributed by atoms with Crippen molar-refractivity contribution in [3.05, 3.63) is 58.1 Å². The van der Waals surface area contributed by atoms with Gasteiger partial charge in [-0.25, -0.2) is 0 Å². The summed E-state index contributed by atoms with van der Waals surface area (Å²) in [6, 6.07) is 15.0. The van der Waals surface area contributed by atoms with Crippen LogP contribution in [-0.2, 0) is 13.0 Å². The van der Waals surface area contributed by atoms with Crippen molar-refractivity contribution in [2.45, 2.75) is 13.0 Å². The number of para-hydroxylation sites is 1. The summed E-state index contributed by atoms with van der Waals surface area (Å²) in [6.07, 6.45) is 1.16.